The molecule has 1 aliphatic rings. The standard InChI is InChI=1S/C19H18ClN5O4S2/c1-30(26,27)19-13-4-6-21-9-16(13)25(24-19)17(11-5-7-31(28,29)10-11)18-22-14-3-2-12(20)8-15(14)23-18/h2-4,6,8-9,11,17H,5,7,10H2,1H3,(H,22,23)/t11-,17?/m0/s1. The first kappa shape index (κ1) is 20.4. The Labute approximate surface area is 183 Å². The van der Waals surface area contributed by atoms with E-state index in [4.69, 9.17) is 11.6 Å². The van der Waals surface area contributed by atoms with Gasteiger partial charge in [-0.2, -0.15) is 5.10 Å². The predicted molar refractivity (Wildman–Crippen MR) is 117 cm³/mol. The summed E-state index contributed by atoms with van der Waals surface area (Å²) in [5.74, 6) is 0.187. The highest BCUT2D eigenvalue weighted by atomic mass is 35.5. The van der Waals surface area contributed by atoms with Crippen molar-refractivity contribution in [2.45, 2.75) is 17.5 Å². The molecule has 0 saturated carbocycles. The van der Waals surface area contributed by atoms with Crippen LogP contribution in [0.5, 0.6) is 0 Å². The number of hydrogen-bond acceptors (Lipinski definition) is 7. The molecule has 1 saturated heterocycles. The van der Waals surface area contributed by atoms with Gasteiger partial charge in [-0.05, 0) is 30.7 Å². The van der Waals surface area contributed by atoms with Gasteiger partial charge in [0.25, 0.3) is 0 Å². The number of sulfone groups is 2. The van der Waals surface area contributed by atoms with Crippen LogP contribution in [0.4, 0.5) is 0 Å². The maximum absolute atomic E-state index is 12.4. The Morgan fingerprint density at radius 2 is 2.10 bits per heavy atom. The number of imidazole rings is 1. The molecular formula is C19H18ClN5O4S2. The van der Waals surface area contributed by atoms with Gasteiger partial charge in [0.1, 0.15) is 11.9 Å². The first-order valence-corrected chi connectivity index (χ1v) is 13.6. The molecule has 2 atom stereocenters. The second-order valence-corrected chi connectivity index (χ2v) is 12.4. The molecule has 31 heavy (non-hydrogen) atoms. The number of H-pyrrole nitrogens is 1. The number of rotatable bonds is 4. The fraction of sp³-hybridized carbons (Fsp3) is 0.316. The fourth-order valence-corrected chi connectivity index (χ4v) is 7.00. The molecule has 0 spiro atoms. The Morgan fingerprint density at radius 1 is 1.29 bits per heavy atom. The average molecular weight is 480 g/mol. The summed E-state index contributed by atoms with van der Waals surface area (Å²) >= 11 is 6.09. The zero-order chi connectivity index (χ0) is 22.0. The Kier molecular flexibility index (Phi) is 4.61. The van der Waals surface area contributed by atoms with Crippen molar-refractivity contribution in [3.05, 3.63) is 47.5 Å². The molecule has 9 nitrogen and oxygen atoms in total. The number of nitrogens with one attached hydrogen (secondary N) is 1. The number of fused-ring (bicyclic) bond motifs is 2. The van der Waals surface area contributed by atoms with Crippen LogP contribution in [0, 0.1) is 5.92 Å². The van der Waals surface area contributed by atoms with Gasteiger partial charge in [0.15, 0.2) is 24.7 Å². The van der Waals surface area contributed by atoms with Crippen LogP contribution in [-0.2, 0) is 19.7 Å². The molecule has 1 aromatic carbocycles. The third-order valence-corrected chi connectivity index (χ3v) is 8.58. The molecule has 1 aliphatic heterocycles. The second kappa shape index (κ2) is 7.01. The van der Waals surface area contributed by atoms with Crippen LogP contribution in [0.15, 0.2) is 41.7 Å². The molecule has 3 aromatic heterocycles. The van der Waals surface area contributed by atoms with Crippen LogP contribution >= 0.6 is 11.6 Å². The molecule has 1 N–H and O–H groups in total. The zero-order valence-electron chi connectivity index (χ0n) is 16.4. The van der Waals surface area contributed by atoms with Crippen LogP contribution in [0.3, 0.4) is 0 Å². The summed E-state index contributed by atoms with van der Waals surface area (Å²) in [6.07, 6.45) is 4.55. The first-order chi connectivity index (χ1) is 14.6. The minimum Gasteiger partial charge on any atom is -0.340 e. The molecule has 1 fully saturated rings. The van der Waals surface area contributed by atoms with Crippen molar-refractivity contribution in [3.8, 4) is 0 Å². The summed E-state index contributed by atoms with van der Waals surface area (Å²) in [7, 11) is -6.83. The topological polar surface area (TPSA) is 128 Å². The van der Waals surface area contributed by atoms with Crippen molar-refractivity contribution in [1.29, 1.82) is 0 Å². The van der Waals surface area contributed by atoms with Crippen molar-refractivity contribution in [2.24, 2.45) is 5.92 Å². The Hall–Kier alpha value is -2.50. The van der Waals surface area contributed by atoms with Gasteiger partial charge in [0.05, 0.1) is 34.3 Å². The van der Waals surface area contributed by atoms with Gasteiger partial charge in [0, 0.05) is 28.8 Å². The van der Waals surface area contributed by atoms with E-state index < -0.39 is 25.7 Å². The molecule has 0 amide bonds. The Morgan fingerprint density at radius 3 is 2.81 bits per heavy atom. The zero-order valence-corrected chi connectivity index (χ0v) is 18.7. The minimum absolute atomic E-state index is 0.0364. The SMILES string of the molecule is CS(=O)(=O)c1nn(C(c2nc3cc(Cl)ccc3[nH]2)[C@H]2CCS(=O)(=O)C2)c2cnccc12. The van der Waals surface area contributed by atoms with Crippen molar-refractivity contribution >= 4 is 53.2 Å². The van der Waals surface area contributed by atoms with E-state index >= 15 is 0 Å². The first-order valence-electron chi connectivity index (χ1n) is 9.50. The van der Waals surface area contributed by atoms with Crippen LogP contribution in [-0.4, -0.2) is 59.3 Å². The highest BCUT2D eigenvalue weighted by Gasteiger charge is 2.39. The predicted octanol–water partition coefficient (Wildman–Crippen LogP) is 2.39. The maximum Gasteiger partial charge on any atom is 0.195 e. The van der Waals surface area contributed by atoms with E-state index in [2.05, 4.69) is 20.1 Å². The van der Waals surface area contributed by atoms with E-state index in [1.807, 2.05) is 0 Å². The molecule has 162 valence electrons. The van der Waals surface area contributed by atoms with E-state index in [0.717, 1.165) is 11.8 Å². The Balaban J connectivity index is 1.77. The summed E-state index contributed by atoms with van der Waals surface area (Å²) in [5.41, 5.74) is 1.87. The van der Waals surface area contributed by atoms with Gasteiger partial charge < -0.3 is 4.98 Å². The molecule has 1 unspecified atom stereocenters. The lowest BCUT2D eigenvalue weighted by atomic mass is 9.98. The summed E-state index contributed by atoms with van der Waals surface area (Å²) in [5, 5.41) is 5.31. The summed E-state index contributed by atoms with van der Waals surface area (Å²) in [6, 6.07) is 6.21. The Bertz CT molecular complexity index is 1540. The van der Waals surface area contributed by atoms with Gasteiger partial charge in [-0.15, -0.1) is 0 Å². The fourth-order valence-electron chi connectivity index (χ4n) is 4.19. The normalized spacial score (nSPS) is 19.9. The molecule has 0 bridgehead atoms. The average Bonchev–Trinajstić information content (AvgIpc) is 3.37. The quantitative estimate of drug-likeness (QED) is 0.476. The number of aromatic nitrogens is 5. The van der Waals surface area contributed by atoms with E-state index in [-0.39, 0.29) is 22.4 Å². The van der Waals surface area contributed by atoms with Crippen LogP contribution in [0.25, 0.3) is 21.9 Å². The van der Waals surface area contributed by atoms with Gasteiger partial charge in [-0.3, -0.25) is 9.67 Å². The largest absolute Gasteiger partial charge is 0.340 e. The lowest BCUT2D eigenvalue weighted by Crippen LogP contribution is -2.24. The molecule has 0 aliphatic carbocycles. The number of aromatic amines is 1. The summed E-state index contributed by atoms with van der Waals surface area (Å²) in [4.78, 5) is 12.0. The molecule has 0 radical (unpaired) electrons. The molecule has 4 aromatic rings. The summed E-state index contributed by atoms with van der Waals surface area (Å²) < 4.78 is 50.9. The van der Waals surface area contributed by atoms with Crippen molar-refractivity contribution in [2.75, 3.05) is 17.8 Å². The van der Waals surface area contributed by atoms with Crippen molar-refractivity contribution in [3.63, 3.8) is 0 Å². The number of nitrogens with zero attached hydrogens (tertiary/aromatic N) is 4. The lowest BCUT2D eigenvalue weighted by Gasteiger charge is -2.22. The molecular weight excluding hydrogens is 462 g/mol. The van der Waals surface area contributed by atoms with Gasteiger partial charge in [-0.1, -0.05) is 11.6 Å². The third kappa shape index (κ3) is 3.60. The molecule has 5 rings (SSSR count). The van der Waals surface area contributed by atoms with E-state index in [1.165, 1.54) is 12.4 Å². The number of benzene rings is 1. The monoisotopic (exact) mass is 479 g/mol. The highest BCUT2D eigenvalue weighted by molar-refractivity contribution is 7.91. The number of pyridine rings is 1. The number of halogens is 1. The third-order valence-electron chi connectivity index (χ3n) is 5.55. The molecule has 12 heteroatoms. The maximum atomic E-state index is 12.4. The van der Waals surface area contributed by atoms with Crippen molar-refractivity contribution < 1.29 is 16.8 Å². The lowest BCUT2D eigenvalue weighted by molar-refractivity contribution is 0.374. The van der Waals surface area contributed by atoms with E-state index in [9.17, 15) is 16.8 Å². The van der Waals surface area contributed by atoms with Crippen LogP contribution < -0.4 is 0 Å². The number of hydrogen-bond donors (Lipinski definition) is 1. The van der Waals surface area contributed by atoms with E-state index in [1.54, 1.807) is 28.9 Å². The van der Waals surface area contributed by atoms with Crippen molar-refractivity contribution in [1.82, 2.24) is 24.7 Å². The van der Waals surface area contributed by atoms with Crippen LogP contribution in [0.1, 0.15) is 18.3 Å². The molecule has 4 heterocycles. The van der Waals surface area contributed by atoms with Gasteiger partial charge in [-0.25, -0.2) is 21.8 Å². The van der Waals surface area contributed by atoms with Crippen LogP contribution in [0.2, 0.25) is 5.02 Å². The van der Waals surface area contributed by atoms with Gasteiger partial charge in [0.2, 0.25) is 0 Å². The van der Waals surface area contributed by atoms with E-state index in [0.29, 0.717) is 33.7 Å². The van der Waals surface area contributed by atoms with Gasteiger partial charge >= 0.3 is 0 Å². The summed E-state index contributed by atoms with van der Waals surface area (Å²) in [6.45, 7) is 0. The minimum atomic E-state index is -3.63. The second-order valence-electron chi connectivity index (χ2n) is 7.81. The smallest absolute Gasteiger partial charge is 0.195 e. The highest BCUT2D eigenvalue weighted by Crippen LogP contribution is 2.37.